The highest BCUT2D eigenvalue weighted by atomic mass is 19.1. The van der Waals surface area contributed by atoms with Crippen LogP contribution in [0.15, 0.2) is 18.2 Å². The van der Waals surface area contributed by atoms with Crippen LogP contribution in [0, 0.1) is 12.7 Å². The van der Waals surface area contributed by atoms with Crippen LogP contribution in [0.25, 0.3) is 0 Å². The predicted octanol–water partition coefficient (Wildman–Crippen LogP) is 2.16. The second kappa shape index (κ2) is 6.87. The highest BCUT2D eigenvalue weighted by Crippen LogP contribution is 2.12. The van der Waals surface area contributed by atoms with Gasteiger partial charge in [-0.3, -0.25) is 9.59 Å². The van der Waals surface area contributed by atoms with Crippen molar-refractivity contribution in [2.45, 2.75) is 20.3 Å². The van der Waals surface area contributed by atoms with Gasteiger partial charge in [-0.15, -0.1) is 0 Å². The quantitative estimate of drug-likeness (QED) is 0.768. The molecule has 0 N–H and O–H groups in total. The largest absolute Gasteiger partial charge is 0.466 e. The van der Waals surface area contributed by atoms with Gasteiger partial charge in [0.15, 0.2) is 0 Å². The van der Waals surface area contributed by atoms with Crippen LogP contribution >= 0.6 is 0 Å². The molecule has 0 unspecified atom stereocenters. The van der Waals surface area contributed by atoms with Crippen molar-refractivity contribution in [3.63, 3.8) is 0 Å². The smallest absolute Gasteiger partial charge is 0.307 e. The first kappa shape index (κ1) is 15.1. The highest BCUT2D eigenvalue weighted by molar-refractivity contribution is 5.94. The van der Waals surface area contributed by atoms with Crippen LogP contribution in [0.4, 0.5) is 4.39 Å². The van der Waals surface area contributed by atoms with Gasteiger partial charge in [-0.05, 0) is 31.5 Å². The van der Waals surface area contributed by atoms with Crippen LogP contribution in [0.5, 0.6) is 0 Å². The summed E-state index contributed by atoms with van der Waals surface area (Å²) in [5.41, 5.74) is 0.764. The van der Waals surface area contributed by atoms with Gasteiger partial charge in [0, 0.05) is 13.6 Å². The third-order valence-electron chi connectivity index (χ3n) is 2.66. The number of hydrogen-bond donors (Lipinski definition) is 0. The lowest BCUT2D eigenvalue weighted by atomic mass is 10.1. The normalized spacial score (nSPS) is 10.1. The Morgan fingerprint density at radius 2 is 2.05 bits per heavy atom. The third kappa shape index (κ3) is 4.35. The van der Waals surface area contributed by atoms with Crippen molar-refractivity contribution in [3.05, 3.63) is 35.1 Å². The van der Waals surface area contributed by atoms with E-state index in [2.05, 4.69) is 0 Å². The lowest BCUT2D eigenvalue weighted by molar-refractivity contribution is -0.143. The molecule has 0 radical (unpaired) electrons. The van der Waals surface area contributed by atoms with E-state index in [4.69, 9.17) is 4.74 Å². The number of ether oxygens (including phenoxy) is 1. The molecule has 0 bridgehead atoms. The number of hydrogen-bond acceptors (Lipinski definition) is 3. The summed E-state index contributed by atoms with van der Waals surface area (Å²) in [6.07, 6.45) is 0.101. The van der Waals surface area contributed by atoms with Crippen LogP contribution in [0.2, 0.25) is 0 Å². The van der Waals surface area contributed by atoms with Crippen LogP contribution in [0.1, 0.15) is 29.3 Å². The molecule has 1 aromatic rings. The summed E-state index contributed by atoms with van der Waals surface area (Å²) >= 11 is 0. The first-order valence-electron chi connectivity index (χ1n) is 6.13. The van der Waals surface area contributed by atoms with Crippen molar-refractivity contribution < 1.29 is 18.7 Å². The van der Waals surface area contributed by atoms with E-state index in [-0.39, 0.29) is 24.5 Å². The molecule has 0 fully saturated rings. The third-order valence-corrected chi connectivity index (χ3v) is 2.66. The molecular weight excluding hydrogens is 249 g/mol. The van der Waals surface area contributed by atoms with E-state index in [0.29, 0.717) is 6.61 Å². The Morgan fingerprint density at radius 3 is 2.63 bits per heavy atom. The summed E-state index contributed by atoms with van der Waals surface area (Å²) in [5.74, 6) is -1.36. The lowest BCUT2D eigenvalue weighted by Gasteiger charge is -2.17. The minimum Gasteiger partial charge on any atom is -0.466 e. The van der Waals surface area contributed by atoms with Crippen molar-refractivity contribution in [1.82, 2.24) is 4.90 Å². The van der Waals surface area contributed by atoms with E-state index in [1.807, 2.05) is 0 Å². The fraction of sp³-hybridized carbons (Fsp3) is 0.429. The molecule has 1 rings (SSSR count). The summed E-state index contributed by atoms with van der Waals surface area (Å²) in [4.78, 5) is 24.5. The van der Waals surface area contributed by atoms with Gasteiger partial charge in [0.1, 0.15) is 5.82 Å². The number of carbonyl (C=O) groups is 2. The Morgan fingerprint density at radius 1 is 1.37 bits per heavy atom. The van der Waals surface area contributed by atoms with Gasteiger partial charge in [0.05, 0.1) is 18.6 Å². The van der Waals surface area contributed by atoms with Crippen LogP contribution in [-0.4, -0.2) is 37.0 Å². The van der Waals surface area contributed by atoms with Crippen LogP contribution in [0.3, 0.4) is 0 Å². The molecule has 0 aliphatic carbocycles. The average molecular weight is 267 g/mol. The zero-order valence-corrected chi connectivity index (χ0v) is 11.4. The Hall–Kier alpha value is -1.91. The number of halogens is 1. The number of rotatable bonds is 5. The molecule has 0 spiro atoms. The van der Waals surface area contributed by atoms with Gasteiger partial charge >= 0.3 is 5.97 Å². The van der Waals surface area contributed by atoms with E-state index < -0.39 is 11.7 Å². The van der Waals surface area contributed by atoms with Crippen molar-refractivity contribution in [3.8, 4) is 0 Å². The fourth-order valence-corrected chi connectivity index (χ4v) is 1.59. The standard InChI is InChI=1S/C14H18FNO3/c1-4-19-13(17)7-8-16(3)14(18)11-6-5-10(2)9-12(11)15/h5-6,9H,4,7-8H2,1-3H3. The molecule has 0 aliphatic rings. The number of amides is 1. The first-order valence-corrected chi connectivity index (χ1v) is 6.13. The average Bonchev–Trinajstić information content (AvgIpc) is 2.35. The number of carbonyl (C=O) groups excluding carboxylic acids is 2. The minimum absolute atomic E-state index is 0.0111. The maximum absolute atomic E-state index is 13.6. The number of benzene rings is 1. The molecular formula is C14H18FNO3. The van der Waals surface area contributed by atoms with Crippen LogP contribution in [-0.2, 0) is 9.53 Å². The molecule has 0 aliphatic heterocycles. The monoisotopic (exact) mass is 267 g/mol. The molecule has 0 saturated heterocycles. The summed E-state index contributed by atoms with van der Waals surface area (Å²) < 4.78 is 18.4. The van der Waals surface area contributed by atoms with Gasteiger partial charge < -0.3 is 9.64 Å². The Balaban J connectivity index is 2.64. The second-order valence-electron chi connectivity index (χ2n) is 4.27. The van der Waals surface area contributed by atoms with E-state index >= 15 is 0 Å². The summed E-state index contributed by atoms with van der Waals surface area (Å²) in [6.45, 7) is 3.98. The van der Waals surface area contributed by atoms with Crippen molar-refractivity contribution >= 4 is 11.9 Å². The molecule has 4 nitrogen and oxygen atoms in total. The number of aryl methyl sites for hydroxylation is 1. The van der Waals surface area contributed by atoms with Crippen molar-refractivity contribution in [1.29, 1.82) is 0 Å². The molecule has 0 atom stereocenters. The van der Waals surface area contributed by atoms with Gasteiger partial charge in [0.2, 0.25) is 0 Å². The van der Waals surface area contributed by atoms with Gasteiger partial charge in [-0.25, -0.2) is 4.39 Å². The summed E-state index contributed by atoms with van der Waals surface area (Å²) in [5, 5.41) is 0. The molecule has 0 aromatic heterocycles. The number of nitrogens with zero attached hydrogens (tertiary/aromatic N) is 1. The molecule has 0 saturated carbocycles. The maximum atomic E-state index is 13.6. The topological polar surface area (TPSA) is 46.6 Å². The Labute approximate surface area is 112 Å². The Bertz CT molecular complexity index is 474. The van der Waals surface area contributed by atoms with E-state index in [1.54, 1.807) is 19.9 Å². The zero-order chi connectivity index (χ0) is 14.4. The van der Waals surface area contributed by atoms with E-state index in [9.17, 15) is 14.0 Å². The molecule has 0 heterocycles. The zero-order valence-electron chi connectivity index (χ0n) is 11.4. The molecule has 1 aromatic carbocycles. The first-order chi connectivity index (χ1) is 8.95. The molecule has 19 heavy (non-hydrogen) atoms. The van der Waals surface area contributed by atoms with Crippen LogP contribution < -0.4 is 0 Å². The number of esters is 1. The van der Waals surface area contributed by atoms with Gasteiger partial charge in [0.25, 0.3) is 5.91 Å². The minimum atomic E-state index is -0.548. The lowest BCUT2D eigenvalue weighted by Crippen LogP contribution is -2.30. The predicted molar refractivity (Wildman–Crippen MR) is 69.3 cm³/mol. The van der Waals surface area contributed by atoms with E-state index in [0.717, 1.165) is 5.56 Å². The van der Waals surface area contributed by atoms with Crippen molar-refractivity contribution in [2.75, 3.05) is 20.2 Å². The maximum Gasteiger partial charge on any atom is 0.307 e. The van der Waals surface area contributed by atoms with Gasteiger partial charge in [-0.1, -0.05) is 6.07 Å². The molecule has 5 heteroatoms. The molecule has 1 amide bonds. The van der Waals surface area contributed by atoms with Crippen molar-refractivity contribution in [2.24, 2.45) is 0 Å². The SMILES string of the molecule is CCOC(=O)CCN(C)C(=O)c1ccc(C)cc1F. The van der Waals surface area contributed by atoms with E-state index in [1.165, 1.54) is 24.1 Å². The molecule has 104 valence electrons. The summed E-state index contributed by atoms with van der Waals surface area (Å²) in [7, 11) is 1.53. The highest BCUT2D eigenvalue weighted by Gasteiger charge is 2.17. The summed E-state index contributed by atoms with van der Waals surface area (Å²) in [6, 6.07) is 4.44. The van der Waals surface area contributed by atoms with Gasteiger partial charge in [-0.2, -0.15) is 0 Å². The second-order valence-corrected chi connectivity index (χ2v) is 4.27. The fourth-order valence-electron chi connectivity index (χ4n) is 1.59. The Kier molecular flexibility index (Phi) is 5.48.